The van der Waals surface area contributed by atoms with E-state index in [1.54, 1.807) is 18.2 Å². The van der Waals surface area contributed by atoms with Crippen molar-refractivity contribution >= 4 is 17.8 Å². The van der Waals surface area contributed by atoms with Crippen LogP contribution in [-0.4, -0.2) is 47.9 Å². The van der Waals surface area contributed by atoms with Gasteiger partial charge >= 0.3 is 5.97 Å². The van der Waals surface area contributed by atoms with E-state index in [0.29, 0.717) is 12.1 Å². The predicted octanol–water partition coefficient (Wildman–Crippen LogP) is 0.912. The van der Waals surface area contributed by atoms with Crippen molar-refractivity contribution in [2.75, 3.05) is 20.1 Å². The summed E-state index contributed by atoms with van der Waals surface area (Å²) in [6.07, 6.45) is 0.697. The molecule has 0 saturated heterocycles. The number of carboxylic acids is 1. The van der Waals surface area contributed by atoms with Crippen LogP contribution in [0.5, 0.6) is 0 Å². The lowest BCUT2D eigenvalue weighted by atomic mass is 10.0. The van der Waals surface area contributed by atoms with E-state index >= 15 is 0 Å². The summed E-state index contributed by atoms with van der Waals surface area (Å²) in [6.45, 7) is 2.36. The molecule has 1 aromatic carbocycles. The average Bonchev–Trinajstić information content (AvgIpc) is 2.46. The average molecular weight is 292 g/mol. The molecule has 0 aromatic heterocycles. The van der Waals surface area contributed by atoms with Gasteiger partial charge in [0.1, 0.15) is 0 Å². The van der Waals surface area contributed by atoms with Crippen molar-refractivity contribution in [3.8, 4) is 0 Å². The Bertz CT molecular complexity index is 528. The lowest BCUT2D eigenvalue weighted by molar-refractivity contribution is -0.135. The van der Waals surface area contributed by atoms with Crippen molar-refractivity contribution in [3.05, 3.63) is 35.4 Å². The minimum absolute atomic E-state index is 0.0155. The number of carbonyl (C=O) groups excluding carboxylic acids is 2. The summed E-state index contributed by atoms with van der Waals surface area (Å²) in [5.74, 6) is -1.57. The van der Waals surface area contributed by atoms with Gasteiger partial charge in [0, 0.05) is 13.6 Å². The van der Waals surface area contributed by atoms with Crippen molar-refractivity contribution in [2.45, 2.75) is 19.8 Å². The number of amides is 2. The summed E-state index contributed by atoms with van der Waals surface area (Å²) in [5, 5.41) is 11.6. The molecule has 1 aromatic rings. The molecular formula is C15H20N2O4. The number of carbonyl (C=O) groups is 3. The third kappa shape index (κ3) is 4.91. The fraction of sp³-hybridized carbons (Fsp3) is 0.400. The number of nitrogens with one attached hydrogen (secondary N) is 1. The van der Waals surface area contributed by atoms with Crippen LogP contribution in [0, 0.1) is 0 Å². The molecule has 0 fully saturated rings. The number of hydrogen-bond donors (Lipinski definition) is 2. The van der Waals surface area contributed by atoms with Gasteiger partial charge in [-0.1, -0.05) is 25.1 Å². The highest BCUT2D eigenvalue weighted by atomic mass is 16.4. The molecule has 0 radical (unpaired) electrons. The number of aromatic carboxylic acids is 1. The molecule has 21 heavy (non-hydrogen) atoms. The molecule has 6 heteroatoms. The van der Waals surface area contributed by atoms with E-state index in [1.807, 2.05) is 6.92 Å². The Morgan fingerprint density at radius 1 is 1.24 bits per heavy atom. The van der Waals surface area contributed by atoms with E-state index in [4.69, 9.17) is 5.11 Å². The number of nitrogens with zero attached hydrogens (tertiary/aromatic N) is 1. The second-order valence-corrected chi connectivity index (χ2v) is 4.63. The van der Waals surface area contributed by atoms with Crippen LogP contribution in [-0.2, 0) is 16.0 Å². The van der Waals surface area contributed by atoms with E-state index < -0.39 is 5.97 Å². The first-order valence-electron chi connectivity index (χ1n) is 6.79. The fourth-order valence-electron chi connectivity index (χ4n) is 1.97. The Hall–Kier alpha value is -2.37. The van der Waals surface area contributed by atoms with Gasteiger partial charge in [-0.15, -0.1) is 0 Å². The monoisotopic (exact) mass is 292 g/mol. The SMILES string of the molecule is CCCN(CC(=O)NC)C(=O)Cc1ccccc1C(=O)O. The van der Waals surface area contributed by atoms with E-state index in [1.165, 1.54) is 18.0 Å². The summed E-state index contributed by atoms with van der Waals surface area (Å²) in [6, 6.07) is 6.39. The van der Waals surface area contributed by atoms with Crippen LogP contribution in [0.4, 0.5) is 0 Å². The molecule has 0 atom stereocenters. The van der Waals surface area contributed by atoms with Crippen LogP contribution in [0.15, 0.2) is 24.3 Å². The summed E-state index contributed by atoms with van der Waals surface area (Å²) in [5.41, 5.74) is 0.565. The quantitative estimate of drug-likeness (QED) is 0.782. The smallest absolute Gasteiger partial charge is 0.335 e. The maximum atomic E-state index is 12.3. The van der Waals surface area contributed by atoms with E-state index in [-0.39, 0.29) is 30.3 Å². The summed E-state index contributed by atoms with van der Waals surface area (Å²) in [7, 11) is 1.51. The second kappa shape index (κ2) is 8.04. The van der Waals surface area contributed by atoms with Gasteiger partial charge in [-0.3, -0.25) is 9.59 Å². The van der Waals surface area contributed by atoms with Crippen LogP contribution in [0.25, 0.3) is 0 Å². The molecule has 2 N–H and O–H groups in total. The Morgan fingerprint density at radius 2 is 1.90 bits per heavy atom. The van der Waals surface area contributed by atoms with Gasteiger partial charge in [0.05, 0.1) is 18.5 Å². The van der Waals surface area contributed by atoms with E-state index in [0.717, 1.165) is 6.42 Å². The minimum Gasteiger partial charge on any atom is -0.478 e. The van der Waals surface area contributed by atoms with E-state index in [9.17, 15) is 14.4 Å². The second-order valence-electron chi connectivity index (χ2n) is 4.63. The summed E-state index contributed by atoms with van der Waals surface area (Å²) < 4.78 is 0. The molecule has 0 saturated carbocycles. The number of hydrogen-bond acceptors (Lipinski definition) is 3. The largest absolute Gasteiger partial charge is 0.478 e. The Labute approximate surface area is 123 Å². The Balaban J connectivity index is 2.86. The third-order valence-electron chi connectivity index (χ3n) is 3.05. The van der Waals surface area contributed by atoms with Crippen LogP contribution in [0.2, 0.25) is 0 Å². The number of rotatable bonds is 7. The molecule has 0 aliphatic heterocycles. The molecule has 0 heterocycles. The molecule has 1 rings (SSSR count). The number of carboxylic acid groups (broad SMARTS) is 1. The van der Waals surface area contributed by atoms with Crippen molar-refractivity contribution in [1.29, 1.82) is 0 Å². The van der Waals surface area contributed by atoms with Gasteiger partial charge < -0.3 is 15.3 Å². The Kier molecular flexibility index (Phi) is 6.39. The topological polar surface area (TPSA) is 86.7 Å². The van der Waals surface area contributed by atoms with Crippen LogP contribution in [0.3, 0.4) is 0 Å². The Morgan fingerprint density at radius 3 is 2.48 bits per heavy atom. The van der Waals surface area contributed by atoms with Crippen molar-refractivity contribution in [2.24, 2.45) is 0 Å². The minimum atomic E-state index is -1.06. The van der Waals surface area contributed by atoms with Crippen LogP contribution in [0.1, 0.15) is 29.3 Å². The lowest BCUT2D eigenvalue weighted by Crippen LogP contribution is -2.40. The predicted molar refractivity (Wildman–Crippen MR) is 78.0 cm³/mol. The maximum absolute atomic E-state index is 12.3. The first kappa shape index (κ1) is 16.7. The van der Waals surface area contributed by atoms with Gasteiger partial charge in [0.2, 0.25) is 11.8 Å². The number of likely N-dealkylation sites (N-methyl/N-ethyl adjacent to an activating group) is 1. The highest BCUT2D eigenvalue weighted by Crippen LogP contribution is 2.11. The molecular weight excluding hydrogens is 272 g/mol. The van der Waals surface area contributed by atoms with Gasteiger partial charge in [0.25, 0.3) is 0 Å². The zero-order valence-electron chi connectivity index (χ0n) is 12.3. The molecule has 0 aliphatic rings. The van der Waals surface area contributed by atoms with Crippen LogP contribution < -0.4 is 5.32 Å². The standard InChI is InChI=1S/C15H20N2O4/c1-3-8-17(10-13(18)16-2)14(19)9-11-6-4-5-7-12(11)15(20)21/h4-7H,3,8-10H2,1-2H3,(H,16,18)(H,20,21). The van der Waals surface area contributed by atoms with Gasteiger partial charge in [-0.2, -0.15) is 0 Å². The number of benzene rings is 1. The van der Waals surface area contributed by atoms with Crippen molar-refractivity contribution in [1.82, 2.24) is 10.2 Å². The van der Waals surface area contributed by atoms with Crippen molar-refractivity contribution in [3.63, 3.8) is 0 Å². The van der Waals surface area contributed by atoms with Gasteiger partial charge in [0.15, 0.2) is 0 Å². The lowest BCUT2D eigenvalue weighted by Gasteiger charge is -2.21. The highest BCUT2D eigenvalue weighted by Gasteiger charge is 2.19. The zero-order valence-corrected chi connectivity index (χ0v) is 12.3. The summed E-state index contributed by atoms with van der Waals surface area (Å²) >= 11 is 0. The third-order valence-corrected chi connectivity index (χ3v) is 3.05. The van der Waals surface area contributed by atoms with Crippen LogP contribution >= 0.6 is 0 Å². The zero-order chi connectivity index (χ0) is 15.8. The van der Waals surface area contributed by atoms with Crippen molar-refractivity contribution < 1.29 is 19.5 Å². The first-order chi connectivity index (χ1) is 9.99. The molecule has 114 valence electrons. The molecule has 6 nitrogen and oxygen atoms in total. The van der Waals surface area contributed by atoms with Gasteiger partial charge in [-0.25, -0.2) is 4.79 Å². The van der Waals surface area contributed by atoms with E-state index in [2.05, 4.69) is 5.32 Å². The highest BCUT2D eigenvalue weighted by molar-refractivity contribution is 5.92. The molecule has 2 amide bonds. The molecule has 0 aliphatic carbocycles. The normalized spacial score (nSPS) is 10.0. The maximum Gasteiger partial charge on any atom is 0.335 e. The molecule has 0 unspecified atom stereocenters. The van der Waals surface area contributed by atoms with Gasteiger partial charge in [-0.05, 0) is 18.1 Å². The first-order valence-corrected chi connectivity index (χ1v) is 6.79. The summed E-state index contributed by atoms with van der Waals surface area (Å²) in [4.78, 5) is 36.3. The molecule has 0 spiro atoms. The molecule has 0 bridgehead atoms. The fourth-order valence-corrected chi connectivity index (χ4v) is 1.97.